The van der Waals surface area contributed by atoms with Crippen LogP contribution < -0.4 is 4.74 Å². The van der Waals surface area contributed by atoms with E-state index in [2.05, 4.69) is 5.16 Å². The highest BCUT2D eigenvalue weighted by Crippen LogP contribution is 2.36. The minimum atomic E-state index is -0.780. The van der Waals surface area contributed by atoms with Crippen molar-refractivity contribution in [2.45, 2.75) is 25.4 Å². The molecule has 1 aromatic heterocycles. The number of likely N-dealkylation sites (tertiary alicyclic amines) is 1. The molecular weight excluding hydrogens is 332 g/mol. The second-order valence-corrected chi connectivity index (χ2v) is 6.51. The number of aliphatic carboxylic acids is 1. The fraction of sp³-hybridized carbons (Fsp3) is 0.300. The molecule has 1 N–H and O–H groups in total. The van der Waals surface area contributed by atoms with E-state index in [4.69, 9.17) is 9.26 Å². The number of nitrogens with zero attached hydrogens (tertiary/aromatic N) is 2. The summed E-state index contributed by atoms with van der Waals surface area (Å²) in [5, 5.41) is 15.7. The van der Waals surface area contributed by atoms with Crippen LogP contribution in [0.5, 0.6) is 5.75 Å². The lowest BCUT2D eigenvalue weighted by Crippen LogP contribution is -2.35. The number of methoxy groups -OCH3 is 1. The predicted molar refractivity (Wildman–Crippen MR) is 97.1 cm³/mol. The lowest BCUT2D eigenvalue weighted by atomic mass is 10.0. The molecule has 1 aliphatic heterocycles. The molecule has 134 valence electrons. The van der Waals surface area contributed by atoms with Gasteiger partial charge in [0.2, 0.25) is 0 Å². The molecule has 3 aromatic rings. The fourth-order valence-corrected chi connectivity index (χ4v) is 3.69. The van der Waals surface area contributed by atoms with Crippen LogP contribution in [0.15, 0.2) is 47.0 Å². The van der Waals surface area contributed by atoms with Crippen molar-refractivity contribution in [3.8, 4) is 17.0 Å². The molecule has 6 heteroatoms. The molecule has 0 saturated carbocycles. The third kappa shape index (κ3) is 2.93. The first-order chi connectivity index (χ1) is 12.7. The lowest BCUT2D eigenvalue weighted by molar-refractivity contribution is -0.142. The molecule has 4 rings (SSSR count). The average molecular weight is 352 g/mol. The summed E-state index contributed by atoms with van der Waals surface area (Å²) in [7, 11) is 1.64. The van der Waals surface area contributed by atoms with Gasteiger partial charge in [0.1, 0.15) is 17.5 Å². The van der Waals surface area contributed by atoms with E-state index in [0.717, 1.165) is 35.1 Å². The number of benzene rings is 2. The van der Waals surface area contributed by atoms with Crippen molar-refractivity contribution >= 4 is 16.7 Å². The number of aromatic nitrogens is 1. The quantitative estimate of drug-likeness (QED) is 0.757. The van der Waals surface area contributed by atoms with Crippen LogP contribution in [0.2, 0.25) is 0 Å². The predicted octanol–water partition coefficient (Wildman–Crippen LogP) is 3.55. The molecule has 1 atom stereocenters. The standard InChI is InChI=1S/C20H20N2O4/c1-25-18-9-8-13-5-2-3-6-15(13)19(18)16-11-14(26-21-16)12-22-10-4-7-17(22)20(23)24/h2-3,5-6,8-9,11,17H,4,7,10,12H2,1H3,(H,23,24)/t17-/m0/s1. The molecule has 0 aliphatic carbocycles. The average Bonchev–Trinajstić information content (AvgIpc) is 3.30. The van der Waals surface area contributed by atoms with E-state index in [1.807, 2.05) is 47.4 Å². The Morgan fingerprint density at radius 3 is 3.00 bits per heavy atom. The summed E-state index contributed by atoms with van der Waals surface area (Å²) in [6, 6.07) is 13.4. The molecule has 6 nitrogen and oxygen atoms in total. The van der Waals surface area contributed by atoms with Crippen molar-refractivity contribution in [1.82, 2.24) is 10.1 Å². The largest absolute Gasteiger partial charge is 0.496 e. The molecule has 0 amide bonds. The Morgan fingerprint density at radius 1 is 1.35 bits per heavy atom. The van der Waals surface area contributed by atoms with Crippen LogP contribution in [0.4, 0.5) is 0 Å². The molecular formula is C20H20N2O4. The summed E-state index contributed by atoms with van der Waals surface area (Å²) in [5.41, 5.74) is 1.58. The zero-order chi connectivity index (χ0) is 18.1. The molecule has 0 unspecified atom stereocenters. The summed E-state index contributed by atoms with van der Waals surface area (Å²) < 4.78 is 11.0. The Kier molecular flexibility index (Phi) is 4.34. The smallest absolute Gasteiger partial charge is 0.320 e. The number of hydrogen-bond donors (Lipinski definition) is 1. The number of carboxylic acid groups (broad SMARTS) is 1. The molecule has 0 spiro atoms. The molecule has 1 saturated heterocycles. The number of rotatable bonds is 5. The van der Waals surface area contributed by atoms with Gasteiger partial charge in [-0.2, -0.15) is 0 Å². The van der Waals surface area contributed by atoms with Crippen molar-refractivity contribution < 1.29 is 19.2 Å². The number of fused-ring (bicyclic) bond motifs is 1. The monoisotopic (exact) mass is 352 g/mol. The highest BCUT2D eigenvalue weighted by Gasteiger charge is 2.31. The second-order valence-electron chi connectivity index (χ2n) is 6.51. The van der Waals surface area contributed by atoms with Crippen molar-refractivity contribution in [2.24, 2.45) is 0 Å². The van der Waals surface area contributed by atoms with Crippen LogP contribution in [-0.4, -0.2) is 40.8 Å². The van der Waals surface area contributed by atoms with E-state index in [1.54, 1.807) is 7.11 Å². The Hall–Kier alpha value is -2.86. The minimum absolute atomic E-state index is 0.442. The molecule has 0 bridgehead atoms. The highest BCUT2D eigenvalue weighted by molar-refractivity contribution is 5.98. The van der Waals surface area contributed by atoms with Gasteiger partial charge in [0.25, 0.3) is 0 Å². The van der Waals surface area contributed by atoms with Gasteiger partial charge in [0.15, 0.2) is 5.76 Å². The van der Waals surface area contributed by atoms with Crippen LogP contribution in [0.1, 0.15) is 18.6 Å². The van der Waals surface area contributed by atoms with E-state index in [0.29, 0.717) is 24.4 Å². The van der Waals surface area contributed by atoms with Gasteiger partial charge >= 0.3 is 5.97 Å². The highest BCUT2D eigenvalue weighted by atomic mass is 16.5. The van der Waals surface area contributed by atoms with Crippen molar-refractivity contribution in [3.05, 3.63) is 48.2 Å². The van der Waals surface area contributed by atoms with E-state index in [-0.39, 0.29) is 0 Å². The summed E-state index contributed by atoms with van der Waals surface area (Å²) in [6.45, 7) is 1.20. The molecule has 26 heavy (non-hydrogen) atoms. The first kappa shape index (κ1) is 16.6. The number of carboxylic acids is 1. The van der Waals surface area contributed by atoms with Gasteiger partial charge in [-0.25, -0.2) is 0 Å². The maximum absolute atomic E-state index is 11.4. The van der Waals surface area contributed by atoms with Gasteiger partial charge in [0, 0.05) is 6.07 Å². The fourth-order valence-electron chi connectivity index (χ4n) is 3.69. The minimum Gasteiger partial charge on any atom is -0.496 e. The van der Waals surface area contributed by atoms with E-state index in [9.17, 15) is 9.90 Å². The number of carbonyl (C=O) groups is 1. The Balaban J connectivity index is 1.68. The van der Waals surface area contributed by atoms with Crippen LogP contribution in [0, 0.1) is 0 Å². The third-order valence-electron chi connectivity index (χ3n) is 4.93. The first-order valence-electron chi connectivity index (χ1n) is 8.66. The third-order valence-corrected chi connectivity index (χ3v) is 4.93. The molecule has 1 fully saturated rings. The summed E-state index contributed by atoms with van der Waals surface area (Å²) in [5.74, 6) is 0.606. The number of ether oxygens (including phenoxy) is 1. The summed E-state index contributed by atoms with van der Waals surface area (Å²) >= 11 is 0. The van der Waals surface area contributed by atoms with E-state index >= 15 is 0 Å². The normalized spacial score (nSPS) is 17.7. The number of hydrogen-bond acceptors (Lipinski definition) is 5. The molecule has 0 radical (unpaired) electrons. The summed E-state index contributed by atoms with van der Waals surface area (Å²) in [4.78, 5) is 13.3. The van der Waals surface area contributed by atoms with Crippen LogP contribution in [-0.2, 0) is 11.3 Å². The zero-order valence-corrected chi connectivity index (χ0v) is 14.5. The Morgan fingerprint density at radius 2 is 2.19 bits per heavy atom. The van der Waals surface area contributed by atoms with E-state index < -0.39 is 12.0 Å². The molecule has 2 aromatic carbocycles. The SMILES string of the molecule is COc1ccc2ccccc2c1-c1cc(CN2CCC[C@H]2C(=O)O)on1. The summed E-state index contributed by atoms with van der Waals surface area (Å²) in [6.07, 6.45) is 1.56. The topological polar surface area (TPSA) is 75.8 Å². The van der Waals surface area contributed by atoms with Gasteiger partial charge in [-0.1, -0.05) is 35.5 Å². The second kappa shape index (κ2) is 6.80. The van der Waals surface area contributed by atoms with Crippen molar-refractivity contribution in [2.75, 3.05) is 13.7 Å². The Labute approximate surface area is 151 Å². The van der Waals surface area contributed by atoms with Crippen LogP contribution >= 0.6 is 0 Å². The van der Waals surface area contributed by atoms with Gasteiger partial charge in [-0.05, 0) is 36.2 Å². The Bertz CT molecular complexity index is 950. The van der Waals surface area contributed by atoms with Gasteiger partial charge in [-0.15, -0.1) is 0 Å². The lowest BCUT2D eigenvalue weighted by Gasteiger charge is -2.18. The molecule has 1 aliphatic rings. The first-order valence-corrected chi connectivity index (χ1v) is 8.66. The van der Waals surface area contributed by atoms with Gasteiger partial charge in [0.05, 0.1) is 19.2 Å². The van der Waals surface area contributed by atoms with Crippen LogP contribution in [0.3, 0.4) is 0 Å². The van der Waals surface area contributed by atoms with Crippen molar-refractivity contribution in [1.29, 1.82) is 0 Å². The zero-order valence-electron chi connectivity index (χ0n) is 14.5. The molecule has 2 heterocycles. The van der Waals surface area contributed by atoms with Crippen LogP contribution in [0.25, 0.3) is 22.0 Å². The maximum atomic E-state index is 11.4. The van der Waals surface area contributed by atoms with Crippen molar-refractivity contribution in [3.63, 3.8) is 0 Å². The maximum Gasteiger partial charge on any atom is 0.320 e. The van der Waals surface area contributed by atoms with E-state index in [1.165, 1.54) is 0 Å². The van der Waals surface area contributed by atoms with Gasteiger partial charge < -0.3 is 14.4 Å². The van der Waals surface area contributed by atoms with Gasteiger partial charge in [-0.3, -0.25) is 9.69 Å².